The van der Waals surface area contributed by atoms with Crippen molar-refractivity contribution in [3.8, 4) is 0 Å². The van der Waals surface area contributed by atoms with E-state index in [0.29, 0.717) is 11.5 Å². The molecular weight excluding hydrogens is 394 g/mol. The van der Waals surface area contributed by atoms with Gasteiger partial charge in [0.05, 0.1) is 5.69 Å². The van der Waals surface area contributed by atoms with Crippen LogP contribution in [0.15, 0.2) is 77.1 Å². The van der Waals surface area contributed by atoms with Crippen molar-refractivity contribution in [2.75, 3.05) is 5.43 Å². The maximum absolute atomic E-state index is 13.2. The summed E-state index contributed by atoms with van der Waals surface area (Å²) in [5.74, 6) is 0.209. The first kappa shape index (κ1) is 21.8. The van der Waals surface area contributed by atoms with E-state index in [1.807, 2.05) is 67.6 Å². The lowest BCUT2D eigenvalue weighted by atomic mass is 9.96. The zero-order chi connectivity index (χ0) is 22.4. The van der Waals surface area contributed by atoms with E-state index in [4.69, 9.17) is 5.73 Å². The third-order valence-electron chi connectivity index (χ3n) is 4.80. The van der Waals surface area contributed by atoms with Crippen LogP contribution in [0.2, 0.25) is 0 Å². The van der Waals surface area contributed by atoms with Crippen molar-refractivity contribution < 1.29 is 9.59 Å². The summed E-state index contributed by atoms with van der Waals surface area (Å²) in [6.45, 7) is 5.50. The van der Waals surface area contributed by atoms with E-state index in [-0.39, 0.29) is 17.4 Å². The molecule has 0 radical (unpaired) electrons. The van der Waals surface area contributed by atoms with Gasteiger partial charge in [-0.05, 0) is 38.5 Å². The molecule has 7 N–H and O–H groups in total. The summed E-state index contributed by atoms with van der Waals surface area (Å²) < 4.78 is 0. The number of nitrogens with one attached hydrogen (secondary N) is 5. The summed E-state index contributed by atoms with van der Waals surface area (Å²) >= 11 is 0. The van der Waals surface area contributed by atoms with E-state index in [0.717, 1.165) is 5.56 Å². The number of hydrogen-bond donors (Lipinski definition) is 6. The fourth-order valence-corrected chi connectivity index (χ4v) is 3.52. The molecular formula is C22H27N7O2. The van der Waals surface area contributed by atoms with Crippen molar-refractivity contribution in [2.45, 2.75) is 32.5 Å². The number of aliphatic imine (C=N–C) groups is 1. The van der Waals surface area contributed by atoms with Crippen LogP contribution in [0.1, 0.15) is 32.4 Å². The first-order chi connectivity index (χ1) is 14.8. The smallest absolute Gasteiger partial charge is 0.317 e. The monoisotopic (exact) mass is 421 g/mol. The molecule has 0 saturated carbocycles. The minimum Gasteiger partial charge on any atom is -0.351 e. The fraction of sp³-hybridized carbons (Fsp3) is 0.227. The maximum Gasteiger partial charge on any atom is 0.317 e. The lowest BCUT2D eigenvalue weighted by Gasteiger charge is -2.37. The standard InChI is InChI=1S/C22H27N7O2/c1-14(16-10-6-4-7-11-16)26-22(3)18(19(25-21(23)31)24-15(2)27-22)20(30)29-28-17-12-8-5-9-13-17/h4-14,26,28H,1-3H3,(H,24,27)(H,29,30)(H3,23,25,31). The first-order valence-corrected chi connectivity index (χ1v) is 9.87. The summed E-state index contributed by atoms with van der Waals surface area (Å²) in [6, 6.07) is 18.1. The number of nitrogens with two attached hydrogens (primary N) is 1. The first-order valence-electron chi connectivity index (χ1n) is 9.87. The van der Waals surface area contributed by atoms with Crippen LogP contribution < -0.4 is 32.5 Å². The minimum absolute atomic E-state index is 0.138. The average molecular weight is 422 g/mol. The molecule has 0 bridgehead atoms. The fourth-order valence-electron chi connectivity index (χ4n) is 3.52. The van der Waals surface area contributed by atoms with E-state index < -0.39 is 17.6 Å². The number of benzene rings is 2. The Morgan fingerprint density at radius 1 is 1.06 bits per heavy atom. The number of amides is 3. The average Bonchev–Trinajstić information content (AvgIpc) is 2.72. The van der Waals surface area contributed by atoms with Gasteiger partial charge in [-0.2, -0.15) is 0 Å². The highest BCUT2D eigenvalue weighted by atomic mass is 16.2. The molecule has 9 nitrogen and oxygen atoms in total. The zero-order valence-corrected chi connectivity index (χ0v) is 17.7. The number of urea groups is 1. The molecule has 1 heterocycles. The number of hydrazine groups is 1. The Labute approximate surface area is 181 Å². The van der Waals surface area contributed by atoms with Crippen molar-refractivity contribution in [2.24, 2.45) is 10.7 Å². The van der Waals surface area contributed by atoms with Gasteiger partial charge in [0, 0.05) is 6.04 Å². The molecule has 2 aromatic rings. The Morgan fingerprint density at radius 3 is 2.29 bits per heavy atom. The molecule has 0 aliphatic carbocycles. The second kappa shape index (κ2) is 9.31. The molecule has 31 heavy (non-hydrogen) atoms. The Bertz CT molecular complexity index is 1000. The summed E-state index contributed by atoms with van der Waals surface area (Å²) in [5, 5.41) is 8.85. The number of amidine groups is 1. The molecule has 2 atom stereocenters. The Hall–Kier alpha value is -3.85. The molecule has 0 aromatic heterocycles. The highest BCUT2D eigenvalue weighted by molar-refractivity contribution is 6.00. The molecule has 2 aromatic carbocycles. The van der Waals surface area contributed by atoms with Crippen LogP contribution >= 0.6 is 0 Å². The van der Waals surface area contributed by atoms with Gasteiger partial charge in [0.25, 0.3) is 5.91 Å². The number of para-hydroxylation sites is 1. The van der Waals surface area contributed by atoms with Gasteiger partial charge in [-0.1, -0.05) is 48.5 Å². The number of nitrogens with zero attached hydrogens (tertiary/aromatic N) is 1. The highest BCUT2D eigenvalue weighted by Gasteiger charge is 2.40. The molecule has 9 heteroatoms. The third-order valence-corrected chi connectivity index (χ3v) is 4.80. The van der Waals surface area contributed by atoms with Crippen LogP contribution in [0.25, 0.3) is 0 Å². The summed E-state index contributed by atoms with van der Waals surface area (Å²) in [5.41, 5.74) is 11.6. The van der Waals surface area contributed by atoms with E-state index >= 15 is 0 Å². The third kappa shape index (κ3) is 5.40. The van der Waals surface area contributed by atoms with E-state index in [1.165, 1.54) is 0 Å². The number of carbonyl (C=O) groups is 2. The predicted octanol–water partition coefficient (Wildman–Crippen LogP) is 2.10. The van der Waals surface area contributed by atoms with Crippen LogP contribution in [0, 0.1) is 0 Å². The van der Waals surface area contributed by atoms with Gasteiger partial charge in [-0.25, -0.2) is 9.79 Å². The van der Waals surface area contributed by atoms with Crippen LogP contribution in [0.3, 0.4) is 0 Å². The molecule has 1 aliphatic heterocycles. The number of hydrogen-bond acceptors (Lipinski definition) is 6. The van der Waals surface area contributed by atoms with Crippen molar-refractivity contribution in [3.05, 3.63) is 77.6 Å². The number of primary amides is 1. The van der Waals surface area contributed by atoms with Gasteiger partial charge >= 0.3 is 6.03 Å². The minimum atomic E-state index is -1.15. The van der Waals surface area contributed by atoms with Crippen molar-refractivity contribution in [1.29, 1.82) is 0 Å². The van der Waals surface area contributed by atoms with Crippen LogP contribution in [-0.4, -0.2) is 23.4 Å². The highest BCUT2D eigenvalue weighted by Crippen LogP contribution is 2.28. The van der Waals surface area contributed by atoms with E-state index in [2.05, 4.69) is 31.8 Å². The molecule has 3 rings (SSSR count). The van der Waals surface area contributed by atoms with Crippen LogP contribution in [-0.2, 0) is 4.79 Å². The normalized spacial score (nSPS) is 19.0. The largest absolute Gasteiger partial charge is 0.351 e. The molecule has 1 aliphatic rings. The molecule has 0 fully saturated rings. The van der Waals surface area contributed by atoms with Crippen molar-refractivity contribution in [3.63, 3.8) is 0 Å². The second-order valence-electron chi connectivity index (χ2n) is 7.36. The predicted molar refractivity (Wildman–Crippen MR) is 121 cm³/mol. The summed E-state index contributed by atoms with van der Waals surface area (Å²) in [7, 11) is 0. The van der Waals surface area contributed by atoms with Gasteiger partial charge in [0.1, 0.15) is 22.9 Å². The summed E-state index contributed by atoms with van der Waals surface area (Å²) in [6.07, 6.45) is 0. The van der Waals surface area contributed by atoms with Crippen molar-refractivity contribution >= 4 is 23.5 Å². The van der Waals surface area contributed by atoms with Gasteiger partial charge < -0.3 is 11.1 Å². The zero-order valence-electron chi connectivity index (χ0n) is 17.7. The Kier molecular flexibility index (Phi) is 6.56. The summed E-state index contributed by atoms with van der Waals surface area (Å²) in [4.78, 5) is 29.5. The van der Waals surface area contributed by atoms with Crippen LogP contribution in [0.4, 0.5) is 10.5 Å². The van der Waals surface area contributed by atoms with E-state index in [9.17, 15) is 9.59 Å². The SMILES string of the molecule is CC1=NC(C)(NC(C)c2ccccc2)C(C(=O)NNc2ccccc2)=C(NC(N)=O)N1. The quantitative estimate of drug-likeness (QED) is 0.381. The Balaban J connectivity index is 1.93. The maximum atomic E-state index is 13.2. The second-order valence-corrected chi connectivity index (χ2v) is 7.36. The molecule has 3 amide bonds. The van der Waals surface area contributed by atoms with Crippen LogP contribution in [0.5, 0.6) is 0 Å². The van der Waals surface area contributed by atoms with Crippen molar-refractivity contribution in [1.82, 2.24) is 21.4 Å². The van der Waals surface area contributed by atoms with E-state index in [1.54, 1.807) is 13.8 Å². The number of anilines is 1. The Morgan fingerprint density at radius 2 is 1.68 bits per heavy atom. The topological polar surface area (TPSA) is 133 Å². The van der Waals surface area contributed by atoms with Gasteiger partial charge in [-0.3, -0.25) is 26.3 Å². The van der Waals surface area contributed by atoms with Gasteiger partial charge in [0.2, 0.25) is 0 Å². The molecule has 2 unspecified atom stereocenters. The molecule has 0 saturated heterocycles. The lowest BCUT2D eigenvalue weighted by molar-refractivity contribution is -0.117. The molecule has 0 spiro atoms. The van der Waals surface area contributed by atoms with Gasteiger partial charge in [0.15, 0.2) is 0 Å². The lowest BCUT2D eigenvalue weighted by Crippen LogP contribution is -2.56. The number of rotatable bonds is 7. The van der Waals surface area contributed by atoms with Gasteiger partial charge in [-0.15, -0.1) is 0 Å². The number of carbonyl (C=O) groups excluding carboxylic acids is 2. The molecule has 162 valence electrons.